The van der Waals surface area contributed by atoms with Crippen molar-refractivity contribution < 1.29 is 4.79 Å². The molecule has 0 unspecified atom stereocenters. The van der Waals surface area contributed by atoms with Crippen LogP contribution in [0.1, 0.15) is 10.4 Å². The average molecular weight is 283 g/mol. The van der Waals surface area contributed by atoms with Gasteiger partial charge < -0.3 is 15.5 Å². The van der Waals surface area contributed by atoms with Crippen molar-refractivity contribution in [2.45, 2.75) is 0 Å². The molecular weight excluding hydrogens is 266 g/mol. The van der Waals surface area contributed by atoms with Crippen LogP contribution in [0.3, 0.4) is 0 Å². The fraction of sp³-hybridized carbons (Fsp3) is 0.267. The van der Waals surface area contributed by atoms with Gasteiger partial charge in [-0.1, -0.05) is 12.1 Å². The lowest BCUT2D eigenvalue weighted by atomic mass is 10.1. The van der Waals surface area contributed by atoms with E-state index in [0.717, 1.165) is 13.1 Å². The molecule has 2 heterocycles. The van der Waals surface area contributed by atoms with E-state index in [1.54, 1.807) is 30.6 Å². The van der Waals surface area contributed by atoms with Crippen LogP contribution < -0.4 is 10.6 Å². The number of piperazine rings is 1. The highest BCUT2D eigenvalue weighted by Gasteiger charge is 2.24. The van der Waals surface area contributed by atoms with Crippen LogP contribution in [0, 0.1) is 0 Å². The second kappa shape index (κ2) is 5.78. The standard InChI is InChI=1S/C15H17N5O/c16-13-5-2-1-4-12(13)14(21)19-8-10-20(11-9-19)15-17-6-3-7-18-15/h1-7H,8-11,16H2. The van der Waals surface area contributed by atoms with Crippen molar-refractivity contribution in [2.75, 3.05) is 36.8 Å². The zero-order valence-electron chi connectivity index (χ0n) is 11.6. The van der Waals surface area contributed by atoms with Crippen LogP contribution in [-0.2, 0) is 0 Å². The Hall–Kier alpha value is -2.63. The van der Waals surface area contributed by atoms with Gasteiger partial charge in [-0.15, -0.1) is 0 Å². The Morgan fingerprint density at radius 3 is 2.33 bits per heavy atom. The molecule has 1 aliphatic heterocycles. The molecule has 1 aromatic carbocycles. The van der Waals surface area contributed by atoms with Gasteiger partial charge in [0.15, 0.2) is 0 Å². The minimum Gasteiger partial charge on any atom is -0.398 e. The van der Waals surface area contributed by atoms with Crippen molar-refractivity contribution >= 4 is 17.5 Å². The molecule has 0 atom stereocenters. The molecule has 0 radical (unpaired) electrons. The number of nitrogens with zero attached hydrogens (tertiary/aromatic N) is 4. The van der Waals surface area contributed by atoms with Crippen LogP contribution in [0.5, 0.6) is 0 Å². The number of para-hydroxylation sites is 1. The number of rotatable bonds is 2. The SMILES string of the molecule is Nc1ccccc1C(=O)N1CCN(c2ncccn2)CC1. The Kier molecular flexibility index (Phi) is 3.68. The Labute approximate surface area is 123 Å². The fourth-order valence-electron chi connectivity index (χ4n) is 2.43. The molecule has 3 rings (SSSR count). The summed E-state index contributed by atoms with van der Waals surface area (Å²) in [4.78, 5) is 24.8. The highest BCUT2D eigenvalue weighted by atomic mass is 16.2. The first-order valence-corrected chi connectivity index (χ1v) is 6.91. The van der Waals surface area contributed by atoms with E-state index in [9.17, 15) is 4.79 Å². The fourth-order valence-corrected chi connectivity index (χ4v) is 2.43. The summed E-state index contributed by atoms with van der Waals surface area (Å²) in [5.41, 5.74) is 6.96. The average Bonchev–Trinajstić information content (AvgIpc) is 2.56. The summed E-state index contributed by atoms with van der Waals surface area (Å²) in [7, 11) is 0. The van der Waals surface area contributed by atoms with Gasteiger partial charge in [-0.25, -0.2) is 9.97 Å². The monoisotopic (exact) mass is 283 g/mol. The zero-order chi connectivity index (χ0) is 14.7. The van der Waals surface area contributed by atoms with Gasteiger partial charge in [-0.2, -0.15) is 0 Å². The Balaban J connectivity index is 1.66. The number of hydrogen-bond donors (Lipinski definition) is 1. The van der Waals surface area contributed by atoms with E-state index >= 15 is 0 Å². The van der Waals surface area contributed by atoms with Gasteiger partial charge in [0, 0.05) is 44.3 Å². The predicted octanol–water partition coefficient (Wildman–Crippen LogP) is 1.02. The van der Waals surface area contributed by atoms with Crippen LogP contribution >= 0.6 is 0 Å². The van der Waals surface area contributed by atoms with E-state index in [1.807, 2.05) is 17.0 Å². The van der Waals surface area contributed by atoms with Gasteiger partial charge in [0.25, 0.3) is 5.91 Å². The van der Waals surface area contributed by atoms with Crippen molar-refractivity contribution in [3.63, 3.8) is 0 Å². The van der Waals surface area contributed by atoms with Gasteiger partial charge in [0.1, 0.15) is 0 Å². The lowest BCUT2D eigenvalue weighted by Gasteiger charge is -2.34. The first-order valence-electron chi connectivity index (χ1n) is 6.91. The lowest BCUT2D eigenvalue weighted by Crippen LogP contribution is -2.49. The molecule has 6 nitrogen and oxygen atoms in total. The molecule has 1 aromatic heterocycles. The topological polar surface area (TPSA) is 75.4 Å². The van der Waals surface area contributed by atoms with Gasteiger partial charge in [-0.05, 0) is 18.2 Å². The summed E-state index contributed by atoms with van der Waals surface area (Å²) in [5, 5.41) is 0. The van der Waals surface area contributed by atoms with Crippen molar-refractivity contribution in [1.82, 2.24) is 14.9 Å². The Bertz CT molecular complexity index is 623. The molecule has 1 amide bonds. The molecule has 0 aliphatic carbocycles. The summed E-state index contributed by atoms with van der Waals surface area (Å²) in [6.07, 6.45) is 3.45. The number of nitrogen functional groups attached to an aromatic ring is 1. The molecule has 2 aromatic rings. The van der Waals surface area contributed by atoms with Crippen LogP contribution in [0.4, 0.5) is 11.6 Å². The van der Waals surface area contributed by atoms with Crippen molar-refractivity contribution in [1.29, 1.82) is 0 Å². The largest absolute Gasteiger partial charge is 0.398 e. The number of nitrogens with two attached hydrogens (primary N) is 1. The number of aromatic nitrogens is 2. The van der Waals surface area contributed by atoms with E-state index in [2.05, 4.69) is 14.9 Å². The second-order valence-electron chi connectivity index (χ2n) is 4.92. The first kappa shape index (κ1) is 13.4. The van der Waals surface area contributed by atoms with E-state index < -0.39 is 0 Å². The van der Waals surface area contributed by atoms with Gasteiger partial charge in [0.2, 0.25) is 5.95 Å². The van der Waals surface area contributed by atoms with E-state index in [4.69, 9.17) is 5.73 Å². The first-order chi connectivity index (χ1) is 10.3. The lowest BCUT2D eigenvalue weighted by molar-refractivity contribution is 0.0747. The molecular formula is C15H17N5O. The minimum absolute atomic E-state index is 0.0123. The summed E-state index contributed by atoms with van der Waals surface area (Å²) in [6.45, 7) is 2.74. The summed E-state index contributed by atoms with van der Waals surface area (Å²) < 4.78 is 0. The van der Waals surface area contributed by atoms with Gasteiger partial charge in [0.05, 0.1) is 5.56 Å². The quantitative estimate of drug-likeness (QED) is 0.833. The van der Waals surface area contributed by atoms with Crippen LogP contribution in [0.2, 0.25) is 0 Å². The molecule has 1 aliphatic rings. The second-order valence-corrected chi connectivity index (χ2v) is 4.92. The highest BCUT2D eigenvalue weighted by molar-refractivity contribution is 5.99. The minimum atomic E-state index is -0.0123. The van der Waals surface area contributed by atoms with Crippen molar-refractivity contribution in [3.05, 3.63) is 48.3 Å². The van der Waals surface area contributed by atoms with Crippen LogP contribution in [0.25, 0.3) is 0 Å². The molecule has 1 fully saturated rings. The number of amides is 1. The van der Waals surface area contributed by atoms with Gasteiger partial charge in [-0.3, -0.25) is 4.79 Å². The Morgan fingerprint density at radius 2 is 1.67 bits per heavy atom. The van der Waals surface area contributed by atoms with E-state index in [1.165, 1.54) is 0 Å². The summed E-state index contributed by atoms with van der Waals surface area (Å²) in [6, 6.07) is 8.97. The van der Waals surface area contributed by atoms with Gasteiger partial charge >= 0.3 is 0 Å². The van der Waals surface area contributed by atoms with E-state index in [0.29, 0.717) is 30.3 Å². The van der Waals surface area contributed by atoms with Crippen LogP contribution in [0.15, 0.2) is 42.7 Å². The molecule has 6 heteroatoms. The molecule has 21 heavy (non-hydrogen) atoms. The highest BCUT2D eigenvalue weighted by Crippen LogP contribution is 2.16. The van der Waals surface area contributed by atoms with Crippen molar-refractivity contribution in [2.24, 2.45) is 0 Å². The third-order valence-corrected chi connectivity index (χ3v) is 3.59. The predicted molar refractivity (Wildman–Crippen MR) is 81.0 cm³/mol. The Morgan fingerprint density at radius 1 is 1.00 bits per heavy atom. The normalized spacial score (nSPS) is 15.0. The molecule has 108 valence electrons. The number of hydrogen-bond acceptors (Lipinski definition) is 5. The molecule has 2 N–H and O–H groups in total. The maximum atomic E-state index is 12.5. The van der Waals surface area contributed by atoms with Crippen molar-refractivity contribution in [3.8, 4) is 0 Å². The van der Waals surface area contributed by atoms with Crippen LogP contribution in [-0.4, -0.2) is 47.0 Å². The molecule has 0 spiro atoms. The number of anilines is 2. The van der Waals surface area contributed by atoms with E-state index in [-0.39, 0.29) is 5.91 Å². The molecule has 1 saturated heterocycles. The number of carbonyl (C=O) groups is 1. The summed E-state index contributed by atoms with van der Waals surface area (Å²) >= 11 is 0. The maximum Gasteiger partial charge on any atom is 0.256 e. The maximum absolute atomic E-state index is 12.5. The zero-order valence-corrected chi connectivity index (χ0v) is 11.6. The smallest absolute Gasteiger partial charge is 0.256 e. The summed E-state index contributed by atoms with van der Waals surface area (Å²) in [5.74, 6) is 0.700. The third kappa shape index (κ3) is 2.79. The molecule has 0 saturated carbocycles. The number of benzene rings is 1. The molecule has 0 bridgehead atoms. The number of carbonyl (C=O) groups excluding carboxylic acids is 1. The third-order valence-electron chi connectivity index (χ3n) is 3.59.